The molecular weight excluding hydrogens is 307 g/mol. The number of fused-ring (bicyclic) bond motifs is 1. The van der Waals surface area contributed by atoms with Crippen molar-refractivity contribution in [1.82, 2.24) is 19.6 Å². The molecule has 1 N–H and O–H groups in total. The number of benzene rings is 1. The second-order valence-corrected chi connectivity index (χ2v) is 5.67. The minimum atomic E-state index is -0.298. The number of urea groups is 1. The molecule has 0 unspecified atom stereocenters. The van der Waals surface area contributed by atoms with E-state index in [0.29, 0.717) is 19.5 Å². The molecule has 5 nitrogen and oxygen atoms in total. The van der Waals surface area contributed by atoms with Gasteiger partial charge in [-0.2, -0.15) is 0 Å². The fourth-order valence-corrected chi connectivity index (χ4v) is 2.52. The van der Waals surface area contributed by atoms with E-state index >= 15 is 0 Å². The second kappa shape index (κ2) is 7.12. The number of imidazole rings is 1. The van der Waals surface area contributed by atoms with Gasteiger partial charge in [-0.3, -0.25) is 0 Å². The maximum Gasteiger partial charge on any atom is 0.317 e. The highest BCUT2D eigenvalue weighted by atomic mass is 19.1. The smallest absolute Gasteiger partial charge is 0.317 e. The molecule has 2 heterocycles. The number of nitrogens with one attached hydrogen (secondary N) is 1. The number of hydrogen-bond donors (Lipinski definition) is 1. The van der Waals surface area contributed by atoms with E-state index in [1.807, 2.05) is 35.0 Å². The van der Waals surface area contributed by atoms with Crippen molar-refractivity contribution in [2.75, 3.05) is 13.6 Å². The first-order valence-electron chi connectivity index (χ1n) is 7.78. The van der Waals surface area contributed by atoms with Gasteiger partial charge in [0.15, 0.2) is 0 Å². The Hall–Kier alpha value is -2.89. The van der Waals surface area contributed by atoms with Crippen LogP contribution in [0.25, 0.3) is 5.65 Å². The summed E-state index contributed by atoms with van der Waals surface area (Å²) in [5.41, 5.74) is 2.57. The van der Waals surface area contributed by atoms with Gasteiger partial charge in [0.05, 0.1) is 5.69 Å². The molecule has 0 aliphatic heterocycles. The summed E-state index contributed by atoms with van der Waals surface area (Å²) in [5, 5.41) is 2.85. The van der Waals surface area contributed by atoms with E-state index in [-0.39, 0.29) is 11.8 Å². The molecule has 2 aromatic heterocycles. The Morgan fingerprint density at radius 3 is 2.96 bits per heavy atom. The lowest BCUT2D eigenvalue weighted by Crippen LogP contribution is -2.37. The molecule has 0 radical (unpaired) electrons. The molecule has 3 aromatic rings. The van der Waals surface area contributed by atoms with Crippen LogP contribution in [0.4, 0.5) is 9.18 Å². The number of nitrogens with zero attached hydrogens (tertiary/aromatic N) is 3. The van der Waals surface area contributed by atoms with Crippen LogP contribution in [0.5, 0.6) is 0 Å². The van der Waals surface area contributed by atoms with Crippen LogP contribution in [-0.2, 0) is 13.0 Å². The first kappa shape index (κ1) is 16.0. The monoisotopic (exact) mass is 326 g/mol. The van der Waals surface area contributed by atoms with Gasteiger partial charge in [0.1, 0.15) is 11.5 Å². The van der Waals surface area contributed by atoms with Gasteiger partial charge >= 0.3 is 6.03 Å². The Balaban J connectivity index is 1.49. The molecule has 0 aliphatic carbocycles. The zero-order valence-electron chi connectivity index (χ0n) is 13.4. The average Bonchev–Trinajstić information content (AvgIpc) is 2.97. The van der Waals surface area contributed by atoms with E-state index in [4.69, 9.17) is 0 Å². The molecule has 0 aliphatic rings. The highest BCUT2D eigenvalue weighted by Gasteiger charge is 2.09. The number of pyridine rings is 1. The Kier molecular flexibility index (Phi) is 4.74. The molecular formula is C18H19FN4O. The standard InChI is InChI=1S/C18H19FN4O/c1-22(12-14-5-4-6-15(19)11-14)18(24)20-9-8-16-13-23-10-3-2-7-17(23)21-16/h2-7,10-11,13H,8-9,12H2,1H3,(H,20,24). The molecule has 3 rings (SSSR count). The van der Waals surface area contributed by atoms with Gasteiger partial charge < -0.3 is 14.6 Å². The quantitative estimate of drug-likeness (QED) is 0.784. The second-order valence-electron chi connectivity index (χ2n) is 5.67. The maximum absolute atomic E-state index is 13.2. The van der Waals surface area contributed by atoms with Crippen LogP contribution in [0.3, 0.4) is 0 Å². The molecule has 0 saturated heterocycles. The summed E-state index contributed by atoms with van der Waals surface area (Å²) in [7, 11) is 1.69. The largest absolute Gasteiger partial charge is 0.338 e. The van der Waals surface area contributed by atoms with Gasteiger partial charge in [0, 0.05) is 39.0 Å². The number of amides is 2. The molecule has 2 amide bonds. The minimum absolute atomic E-state index is 0.192. The predicted octanol–water partition coefficient (Wildman–Crippen LogP) is 2.86. The molecule has 1 aromatic carbocycles. The normalized spacial score (nSPS) is 10.8. The van der Waals surface area contributed by atoms with E-state index in [1.54, 1.807) is 19.2 Å². The predicted molar refractivity (Wildman–Crippen MR) is 90.2 cm³/mol. The van der Waals surface area contributed by atoms with Gasteiger partial charge in [0.25, 0.3) is 0 Å². The summed E-state index contributed by atoms with van der Waals surface area (Å²) in [6.07, 6.45) is 4.55. The van der Waals surface area contributed by atoms with Crippen LogP contribution < -0.4 is 5.32 Å². The number of aromatic nitrogens is 2. The zero-order valence-corrected chi connectivity index (χ0v) is 13.4. The van der Waals surface area contributed by atoms with Gasteiger partial charge in [0.2, 0.25) is 0 Å². The number of halogens is 1. The molecule has 0 bridgehead atoms. The van der Waals surface area contributed by atoms with Crippen LogP contribution in [0.15, 0.2) is 54.9 Å². The van der Waals surface area contributed by atoms with E-state index in [9.17, 15) is 9.18 Å². The highest BCUT2D eigenvalue weighted by molar-refractivity contribution is 5.73. The first-order valence-corrected chi connectivity index (χ1v) is 7.78. The summed E-state index contributed by atoms with van der Waals surface area (Å²) >= 11 is 0. The molecule has 6 heteroatoms. The number of carbonyl (C=O) groups is 1. The van der Waals surface area contributed by atoms with Crippen LogP contribution in [0, 0.1) is 5.82 Å². The highest BCUT2D eigenvalue weighted by Crippen LogP contribution is 2.07. The third-order valence-electron chi connectivity index (χ3n) is 3.73. The maximum atomic E-state index is 13.2. The van der Waals surface area contributed by atoms with Gasteiger partial charge in [-0.15, -0.1) is 0 Å². The van der Waals surface area contributed by atoms with Crippen LogP contribution in [0.1, 0.15) is 11.3 Å². The lowest BCUT2D eigenvalue weighted by atomic mass is 10.2. The van der Waals surface area contributed by atoms with Gasteiger partial charge in [-0.1, -0.05) is 18.2 Å². The third kappa shape index (κ3) is 3.90. The average molecular weight is 326 g/mol. The number of carbonyl (C=O) groups excluding carboxylic acids is 1. The minimum Gasteiger partial charge on any atom is -0.338 e. The third-order valence-corrected chi connectivity index (χ3v) is 3.73. The van der Waals surface area contributed by atoms with E-state index in [0.717, 1.165) is 16.9 Å². The summed E-state index contributed by atoms with van der Waals surface area (Å²) in [6, 6.07) is 11.9. The molecule has 0 atom stereocenters. The van der Waals surface area contributed by atoms with Crippen molar-refractivity contribution in [3.8, 4) is 0 Å². The van der Waals surface area contributed by atoms with Crippen LogP contribution in [0.2, 0.25) is 0 Å². The molecule has 0 spiro atoms. The summed E-state index contributed by atoms with van der Waals surface area (Å²) in [4.78, 5) is 18.1. The summed E-state index contributed by atoms with van der Waals surface area (Å²) in [5.74, 6) is -0.298. The van der Waals surface area contributed by atoms with E-state index in [2.05, 4.69) is 10.3 Å². The fourth-order valence-electron chi connectivity index (χ4n) is 2.52. The molecule has 0 saturated carbocycles. The zero-order chi connectivity index (χ0) is 16.9. The SMILES string of the molecule is CN(Cc1cccc(F)c1)C(=O)NCCc1cn2ccccc2n1. The summed E-state index contributed by atoms with van der Waals surface area (Å²) in [6.45, 7) is 0.855. The Bertz CT molecular complexity index is 813. The van der Waals surface area contributed by atoms with E-state index < -0.39 is 0 Å². The Labute approximate surface area is 139 Å². The van der Waals surface area contributed by atoms with Crippen molar-refractivity contribution in [3.05, 3.63) is 71.9 Å². The Morgan fingerprint density at radius 1 is 1.29 bits per heavy atom. The van der Waals surface area contributed by atoms with Gasteiger partial charge in [-0.25, -0.2) is 14.2 Å². The summed E-state index contributed by atoms with van der Waals surface area (Å²) < 4.78 is 15.1. The van der Waals surface area contributed by atoms with E-state index in [1.165, 1.54) is 17.0 Å². The van der Waals surface area contributed by atoms with Crippen LogP contribution in [-0.4, -0.2) is 33.9 Å². The lowest BCUT2D eigenvalue weighted by molar-refractivity contribution is 0.207. The van der Waals surface area contributed by atoms with Crippen molar-refractivity contribution in [1.29, 1.82) is 0 Å². The fraction of sp³-hybridized carbons (Fsp3) is 0.222. The molecule has 24 heavy (non-hydrogen) atoms. The number of rotatable bonds is 5. The Morgan fingerprint density at radius 2 is 2.17 bits per heavy atom. The van der Waals surface area contributed by atoms with Crippen LogP contribution >= 0.6 is 0 Å². The van der Waals surface area contributed by atoms with Crippen molar-refractivity contribution in [3.63, 3.8) is 0 Å². The number of hydrogen-bond acceptors (Lipinski definition) is 2. The topological polar surface area (TPSA) is 49.6 Å². The van der Waals surface area contributed by atoms with Crippen molar-refractivity contribution >= 4 is 11.7 Å². The van der Waals surface area contributed by atoms with Crippen molar-refractivity contribution < 1.29 is 9.18 Å². The molecule has 124 valence electrons. The van der Waals surface area contributed by atoms with Gasteiger partial charge in [-0.05, 0) is 29.8 Å². The lowest BCUT2D eigenvalue weighted by Gasteiger charge is -2.18. The van der Waals surface area contributed by atoms with Crippen molar-refractivity contribution in [2.24, 2.45) is 0 Å². The first-order chi connectivity index (χ1) is 11.6. The van der Waals surface area contributed by atoms with Crippen molar-refractivity contribution in [2.45, 2.75) is 13.0 Å². The molecule has 0 fully saturated rings.